The van der Waals surface area contributed by atoms with E-state index in [9.17, 15) is 18.0 Å². The number of H-pyrrole nitrogens is 1. The number of ether oxygens (including phenoxy) is 1. The summed E-state index contributed by atoms with van der Waals surface area (Å²) in [6.07, 6.45) is 0.115. The van der Waals surface area contributed by atoms with Crippen molar-refractivity contribution in [3.05, 3.63) is 58.6 Å². The number of fused-ring (bicyclic) bond motifs is 1. The van der Waals surface area contributed by atoms with E-state index >= 15 is 0 Å². The number of rotatable bonds is 6. The minimum absolute atomic E-state index is 0.0386. The summed E-state index contributed by atoms with van der Waals surface area (Å²) in [7, 11) is -3.86. The molecule has 9 heteroatoms. The fraction of sp³-hybridized carbons (Fsp3) is 0.176. The zero-order chi connectivity index (χ0) is 18.7. The van der Waals surface area contributed by atoms with E-state index in [0.717, 1.165) is 0 Å². The van der Waals surface area contributed by atoms with Gasteiger partial charge in [-0.15, -0.1) is 0 Å². The normalized spacial score (nSPS) is 11.4. The Balaban J connectivity index is 1.77. The van der Waals surface area contributed by atoms with Crippen molar-refractivity contribution in [2.75, 3.05) is 11.3 Å². The molecule has 3 aromatic rings. The van der Waals surface area contributed by atoms with Crippen molar-refractivity contribution >= 4 is 32.8 Å². The molecule has 0 fully saturated rings. The Morgan fingerprint density at radius 2 is 1.92 bits per heavy atom. The van der Waals surface area contributed by atoms with E-state index in [4.69, 9.17) is 9.15 Å². The minimum Gasteiger partial charge on any atom is -0.466 e. The quantitative estimate of drug-likeness (QED) is 0.636. The average Bonchev–Trinajstić information content (AvgIpc) is 2.95. The van der Waals surface area contributed by atoms with Gasteiger partial charge >= 0.3 is 11.7 Å². The standard InChI is InChI=1S/C17H16N2O6S/c1-2-24-16(20)9-11-3-5-12(6-4-11)19-26(22,23)13-7-8-14-15(10-13)25-17(21)18-14/h3-8,10,19H,2,9H2,1H3,(H,18,21). The number of benzene rings is 2. The topological polar surface area (TPSA) is 118 Å². The Hall–Kier alpha value is -3.07. The summed E-state index contributed by atoms with van der Waals surface area (Å²) in [6, 6.07) is 10.5. The van der Waals surface area contributed by atoms with Crippen LogP contribution in [0.15, 0.2) is 56.6 Å². The van der Waals surface area contributed by atoms with Crippen LogP contribution in [-0.4, -0.2) is 26.0 Å². The van der Waals surface area contributed by atoms with Gasteiger partial charge in [-0.3, -0.25) is 14.5 Å². The Labute approximate surface area is 148 Å². The lowest BCUT2D eigenvalue weighted by Crippen LogP contribution is -2.13. The molecule has 26 heavy (non-hydrogen) atoms. The smallest absolute Gasteiger partial charge is 0.417 e. The second-order valence-corrected chi connectivity index (χ2v) is 7.14. The second kappa shape index (κ2) is 7.04. The first-order chi connectivity index (χ1) is 12.4. The van der Waals surface area contributed by atoms with Crippen molar-refractivity contribution in [2.24, 2.45) is 0 Å². The van der Waals surface area contributed by atoms with Crippen molar-refractivity contribution in [1.29, 1.82) is 0 Å². The van der Waals surface area contributed by atoms with Gasteiger partial charge in [-0.05, 0) is 36.8 Å². The molecular formula is C17H16N2O6S. The van der Waals surface area contributed by atoms with Gasteiger partial charge in [0.15, 0.2) is 5.58 Å². The first kappa shape index (κ1) is 17.7. The van der Waals surface area contributed by atoms with Crippen molar-refractivity contribution in [3.8, 4) is 0 Å². The molecule has 0 aliphatic carbocycles. The molecule has 0 saturated heterocycles. The summed E-state index contributed by atoms with van der Waals surface area (Å²) in [5, 5.41) is 0. The van der Waals surface area contributed by atoms with Crippen LogP contribution in [-0.2, 0) is 26.0 Å². The summed E-state index contributed by atoms with van der Waals surface area (Å²) in [4.78, 5) is 25.0. The fourth-order valence-electron chi connectivity index (χ4n) is 2.38. The third-order valence-corrected chi connectivity index (χ3v) is 4.94. The van der Waals surface area contributed by atoms with Gasteiger partial charge in [-0.1, -0.05) is 12.1 Å². The zero-order valence-electron chi connectivity index (χ0n) is 13.8. The SMILES string of the molecule is CCOC(=O)Cc1ccc(NS(=O)(=O)c2ccc3[nH]c(=O)oc3c2)cc1. The molecule has 0 spiro atoms. The van der Waals surface area contributed by atoms with Crippen LogP contribution in [0.4, 0.5) is 5.69 Å². The van der Waals surface area contributed by atoms with Gasteiger partial charge in [-0.2, -0.15) is 0 Å². The van der Waals surface area contributed by atoms with E-state index in [1.807, 2.05) is 0 Å². The molecule has 8 nitrogen and oxygen atoms in total. The summed E-state index contributed by atoms with van der Waals surface area (Å²) < 4.78 is 37.2. The summed E-state index contributed by atoms with van der Waals surface area (Å²) in [5.74, 6) is -0.998. The zero-order valence-corrected chi connectivity index (χ0v) is 14.6. The maximum atomic E-state index is 12.5. The van der Waals surface area contributed by atoms with Crippen LogP contribution >= 0.6 is 0 Å². The van der Waals surface area contributed by atoms with E-state index in [1.165, 1.54) is 18.2 Å². The molecule has 3 rings (SSSR count). The molecule has 136 valence electrons. The fourth-order valence-corrected chi connectivity index (χ4v) is 3.45. The minimum atomic E-state index is -3.86. The van der Waals surface area contributed by atoms with E-state index in [1.54, 1.807) is 31.2 Å². The van der Waals surface area contributed by atoms with Gasteiger partial charge < -0.3 is 9.15 Å². The van der Waals surface area contributed by atoms with Crippen molar-refractivity contribution in [1.82, 2.24) is 4.98 Å². The number of sulfonamides is 1. The molecule has 0 aliphatic heterocycles. The van der Waals surface area contributed by atoms with Crippen LogP contribution in [0.25, 0.3) is 11.1 Å². The van der Waals surface area contributed by atoms with E-state index in [0.29, 0.717) is 23.4 Å². The van der Waals surface area contributed by atoms with Crippen molar-refractivity contribution < 1.29 is 22.4 Å². The third-order valence-electron chi connectivity index (χ3n) is 3.56. The van der Waals surface area contributed by atoms with Gasteiger partial charge in [0, 0.05) is 11.8 Å². The molecular weight excluding hydrogens is 360 g/mol. The lowest BCUT2D eigenvalue weighted by Gasteiger charge is -2.09. The van der Waals surface area contributed by atoms with Crippen LogP contribution < -0.4 is 10.5 Å². The molecule has 0 radical (unpaired) electrons. The van der Waals surface area contributed by atoms with Crippen LogP contribution in [0.1, 0.15) is 12.5 Å². The van der Waals surface area contributed by atoms with Gasteiger partial charge in [0.1, 0.15) is 0 Å². The Morgan fingerprint density at radius 1 is 1.19 bits per heavy atom. The number of aromatic nitrogens is 1. The van der Waals surface area contributed by atoms with Gasteiger partial charge in [0.2, 0.25) is 0 Å². The number of aromatic amines is 1. The van der Waals surface area contributed by atoms with Crippen LogP contribution in [0, 0.1) is 0 Å². The largest absolute Gasteiger partial charge is 0.466 e. The highest BCUT2D eigenvalue weighted by Crippen LogP contribution is 2.20. The predicted molar refractivity (Wildman–Crippen MR) is 94.4 cm³/mol. The summed E-state index contributed by atoms with van der Waals surface area (Å²) in [6.45, 7) is 2.04. The van der Waals surface area contributed by atoms with E-state index < -0.39 is 15.8 Å². The molecule has 0 saturated carbocycles. The van der Waals surface area contributed by atoms with Crippen LogP contribution in [0.3, 0.4) is 0 Å². The number of oxazole rings is 1. The van der Waals surface area contributed by atoms with E-state index in [-0.39, 0.29) is 22.9 Å². The predicted octanol–water partition coefficient (Wildman–Crippen LogP) is 2.03. The lowest BCUT2D eigenvalue weighted by atomic mass is 10.1. The average molecular weight is 376 g/mol. The van der Waals surface area contributed by atoms with Crippen molar-refractivity contribution in [3.63, 3.8) is 0 Å². The van der Waals surface area contributed by atoms with E-state index in [2.05, 4.69) is 9.71 Å². The number of anilines is 1. The van der Waals surface area contributed by atoms with Gasteiger partial charge in [0.25, 0.3) is 10.0 Å². The van der Waals surface area contributed by atoms with Crippen molar-refractivity contribution in [2.45, 2.75) is 18.2 Å². The highest BCUT2D eigenvalue weighted by Gasteiger charge is 2.16. The maximum Gasteiger partial charge on any atom is 0.417 e. The molecule has 2 aromatic carbocycles. The highest BCUT2D eigenvalue weighted by atomic mass is 32.2. The first-order valence-electron chi connectivity index (χ1n) is 7.77. The number of hydrogen-bond donors (Lipinski definition) is 2. The Bertz CT molecular complexity index is 1100. The number of hydrogen-bond acceptors (Lipinski definition) is 6. The molecule has 2 N–H and O–H groups in total. The highest BCUT2D eigenvalue weighted by molar-refractivity contribution is 7.92. The summed E-state index contributed by atoms with van der Waals surface area (Å²) >= 11 is 0. The maximum absolute atomic E-state index is 12.5. The molecule has 1 aromatic heterocycles. The molecule has 0 amide bonds. The summed E-state index contributed by atoms with van der Waals surface area (Å²) in [5.41, 5.74) is 1.62. The second-order valence-electron chi connectivity index (χ2n) is 5.46. The molecule has 0 aliphatic rings. The third kappa shape index (κ3) is 3.94. The number of carbonyl (C=O) groups is 1. The molecule has 0 atom stereocenters. The Kier molecular flexibility index (Phi) is 4.81. The number of esters is 1. The molecule has 1 heterocycles. The Morgan fingerprint density at radius 3 is 2.62 bits per heavy atom. The number of carbonyl (C=O) groups excluding carboxylic acids is 1. The van der Waals surface area contributed by atoms with Gasteiger partial charge in [-0.25, -0.2) is 13.2 Å². The van der Waals surface area contributed by atoms with Crippen LogP contribution in [0.2, 0.25) is 0 Å². The molecule has 0 bridgehead atoms. The molecule has 0 unspecified atom stereocenters. The first-order valence-corrected chi connectivity index (χ1v) is 9.26. The van der Waals surface area contributed by atoms with Gasteiger partial charge in [0.05, 0.1) is 23.4 Å². The monoisotopic (exact) mass is 376 g/mol. The van der Waals surface area contributed by atoms with Crippen LogP contribution in [0.5, 0.6) is 0 Å². The lowest BCUT2D eigenvalue weighted by molar-refractivity contribution is -0.142. The number of nitrogens with one attached hydrogen (secondary N) is 2.